The van der Waals surface area contributed by atoms with Gasteiger partial charge in [-0.15, -0.1) is 6.58 Å². The van der Waals surface area contributed by atoms with E-state index >= 15 is 0 Å². The Kier molecular flexibility index (Phi) is 7.10. The number of alkyl halides is 5. The topological polar surface area (TPSA) is 18.5 Å². The molecule has 2 nitrogen and oxygen atoms in total. The summed E-state index contributed by atoms with van der Waals surface area (Å²) in [6, 6.07) is 0. The third-order valence-corrected chi connectivity index (χ3v) is 2.67. The second-order valence-electron chi connectivity index (χ2n) is 4.82. The summed E-state index contributed by atoms with van der Waals surface area (Å²) < 4.78 is 72.2. The van der Waals surface area contributed by atoms with Gasteiger partial charge in [0.15, 0.2) is 0 Å². The van der Waals surface area contributed by atoms with E-state index in [1.165, 1.54) is 5.57 Å². The lowest BCUT2D eigenvalue weighted by atomic mass is 9.84. The molecule has 1 heterocycles. The molecule has 1 saturated heterocycles. The molecule has 0 N–H and O–H groups in total. The molecule has 1 atom stereocenters. The number of hydrogen-bond donors (Lipinski definition) is 0. The van der Waals surface area contributed by atoms with E-state index in [-0.39, 0.29) is 26.2 Å². The van der Waals surface area contributed by atoms with Crippen molar-refractivity contribution in [1.82, 2.24) is 0 Å². The summed E-state index contributed by atoms with van der Waals surface area (Å²) in [5.74, 6) is -4.82. The first-order valence-electron chi connectivity index (χ1n) is 6.28. The summed E-state index contributed by atoms with van der Waals surface area (Å²) in [5, 5.41) is 0. The Labute approximate surface area is 115 Å². The minimum absolute atomic E-state index is 0.0716. The van der Waals surface area contributed by atoms with Gasteiger partial charge >= 0.3 is 12.1 Å². The van der Waals surface area contributed by atoms with Crippen molar-refractivity contribution < 1.29 is 31.4 Å². The Morgan fingerprint density at radius 2 is 1.70 bits per heavy atom. The van der Waals surface area contributed by atoms with E-state index < -0.39 is 24.1 Å². The number of allylic oxidation sites excluding steroid dienone is 1. The van der Waals surface area contributed by atoms with Gasteiger partial charge in [0, 0.05) is 26.1 Å². The highest BCUT2D eigenvalue weighted by molar-refractivity contribution is 5.03. The maximum absolute atomic E-state index is 13.2. The second kappa shape index (κ2) is 7.36. The Balaban J connectivity index is 0.000000796. The van der Waals surface area contributed by atoms with Crippen molar-refractivity contribution in [3.63, 3.8) is 0 Å². The Bertz CT molecular complexity index is 304. The van der Waals surface area contributed by atoms with Crippen LogP contribution in [-0.2, 0) is 9.47 Å². The molecule has 0 radical (unpaired) electrons. The van der Waals surface area contributed by atoms with Gasteiger partial charge in [0.25, 0.3) is 0 Å². The summed E-state index contributed by atoms with van der Waals surface area (Å²) in [5.41, 5.74) is -1.26. The second-order valence-corrected chi connectivity index (χ2v) is 4.82. The summed E-state index contributed by atoms with van der Waals surface area (Å²) in [4.78, 5) is 0. The standard InChI is InChI=1S/C9H13F5O2.C4H8/c1-2-15-5-3-7(4-6-16-7)8(10,11)9(12,13)14;1-4(2)3/h2-6H2,1H3;1H2,2-3H3. The number of ether oxygens (including phenoxy) is 2. The zero-order valence-corrected chi connectivity index (χ0v) is 11.9. The minimum atomic E-state index is -5.58. The Hall–Kier alpha value is -0.690. The van der Waals surface area contributed by atoms with Crippen LogP contribution in [0.4, 0.5) is 22.0 Å². The zero-order valence-electron chi connectivity index (χ0n) is 11.9. The molecule has 1 rings (SSSR count). The van der Waals surface area contributed by atoms with Gasteiger partial charge in [-0.25, -0.2) is 0 Å². The molecule has 7 heteroatoms. The molecule has 0 amide bonds. The highest BCUT2D eigenvalue weighted by atomic mass is 19.4. The van der Waals surface area contributed by atoms with Crippen molar-refractivity contribution in [3.05, 3.63) is 12.2 Å². The molecule has 0 bridgehead atoms. The van der Waals surface area contributed by atoms with Crippen LogP contribution in [-0.4, -0.2) is 37.5 Å². The molecule has 20 heavy (non-hydrogen) atoms. The molecule has 0 aliphatic carbocycles. The highest BCUT2D eigenvalue weighted by Gasteiger charge is 2.72. The fourth-order valence-corrected chi connectivity index (χ4v) is 1.59. The molecule has 1 aliphatic heterocycles. The highest BCUT2D eigenvalue weighted by Crippen LogP contribution is 2.52. The van der Waals surface area contributed by atoms with Crippen LogP contribution in [0.25, 0.3) is 0 Å². The van der Waals surface area contributed by atoms with E-state index in [1.54, 1.807) is 6.92 Å². The average Bonchev–Trinajstić information content (AvgIpc) is 2.19. The smallest absolute Gasteiger partial charge is 0.382 e. The van der Waals surface area contributed by atoms with E-state index in [9.17, 15) is 22.0 Å². The van der Waals surface area contributed by atoms with Crippen LogP contribution < -0.4 is 0 Å². The fourth-order valence-electron chi connectivity index (χ4n) is 1.59. The number of halogens is 5. The van der Waals surface area contributed by atoms with Crippen molar-refractivity contribution in [3.8, 4) is 0 Å². The molecule has 0 saturated carbocycles. The monoisotopic (exact) mass is 304 g/mol. The molecule has 1 fully saturated rings. The van der Waals surface area contributed by atoms with Crippen LogP contribution in [0.3, 0.4) is 0 Å². The fraction of sp³-hybridized carbons (Fsp3) is 0.846. The van der Waals surface area contributed by atoms with E-state index in [4.69, 9.17) is 4.74 Å². The molecule has 1 aliphatic rings. The van der Waals surface area contributed by atoms with E-state index in [0.29, 0.717) is 0 Å². The van der Waals surface area contributed by atoms with Gasteiger partial charge in [-0.05, 0) is 20.8 Å². The third-order valence-electron chi connectivity index (χ3n) is 2.67. The quantitative estimate of drug-likeness (QED) is 0.427. The van der Waals surface area contributed by atoms with Gasteiger partial charge in [0.1, 0.15) is 5.60 Å². The van der Waals surface area contributed by atoms with Gasteiger partial charge in [-0.1, -0.05) is 5.57 Å². The van der Waals surface area contributed by atoms with Crippen molar-refractivity contribution in [2.75, 3.05) is 19.8 Å². The van der Waals surface area contributed by atoms with Crippen LogP contribution in [0.1, 0.15) is 33.6 Å². The van der Waals surface area contributed by atoms with Crippen molar-refractivity contribution >= 4 is 0 Å². The van der Waals surface area contributed by atoms with E-state index in [2.05, 4.69) is 11.3 Å². The molecule has 120 valence electrons. The van der Waals surface area contributed by atoms with Crippen LogP contribution >= 0.6 is 0 Å². The normalized spacial score (nSPS) is 22.6. The Morgan fingerprint density at radius 1 is 1.25 bits per heavy atom. The van der Waals surface area contributed by atoms with E-state index in [0.717, 1.165) is 0 Å². The third kappa shape index (κ3) is 4.70. The van der Waals surface area contributed by atoms with E-state index in [1.807, 2.05) is 13.8 Å². The number of rotatable bonds is 5. The van der Waals surface area contributed by atoms with Crippen molar-refractivity contribution in [1.29, 1.82) is 0 Å². The van der Waals surface area contributed by atoms with Crippen LogP contribution in [0.5, 0.6) is 0 Å². The van der Waals surface area contributed by atoms with Crippen LogP contribution in [0.2, 0.25) is 0 Å². The lowest BCUT2D eigenvalue weighted by molar-refractivity contribution is -0.379. The van der Waals surface area contributed by atoms with Crippen LogP contribution in [0.15, 0.2) is 12.2 Å². The Morgan fingerprint density at radius 3 is 1.95 bits per heavy atom. The maximum atomic E-state index is 13.2. The maximum Gasteiger partial charge on any atom is 0.456 e. The molecule has 0 aromatic heterocycles. The molecule has 1 unspecified atom stereocenters. The van der Waals surface area contributed by atoms with Gasteiger partial charge in [-0.3, -0.25) is 0 Å². The largest absolute Gasteiger partial charge is 0.456 e. The molecule has 0 aromatic carbocycles. The van der Waals surface area contributed by atoms with Gasteiger partial charge < -0.3 is 9.47 Å². The summed E-state index contributed by atoms with van der Waals surface area (Å²) >= 11 is 0. The first kappa shape index (κ1) is 19.3. The van der Waals surface area contributed by atoms with Gasteiger partial charge in [0.2, 0.25) is 0 Å². The zero-order chi connectivity index (χ0) is 16.0. The summed E-state index contributed by atoms with van der Waals surface area (Å²) in [7, 11) is 0. The van der Waals surface area contributed by atoms with Crippen molar-refractivity contribution in [2.45, 2.75) is 51.3 Å². The lowest BCUT2D eigenvalue weighted by Gasteiger charge is -2.47. The van der Waals surface area contributed by atoms with Gasteiger partial charge in [0.05, 0.1) is 6.61 Å². The molecule has 0 spiro atoms. The summed E-state index contributed by atoms with van der Waals surface area (Å²) in [6.07, 6.45) is -6.33. The minimum Gasteiger partial charge on any atom is -0.382 e. The molecular weight excluding hydrogens is 283 g/mol. The average molecular weight is 304 g/mol. The first-order chi connectivity index (χ1) is 9.00. The summed E-state index contributed by atoms with van der Waals surface area (Å²) in [6.45, 7) is 9.17. The van der Waals surface area contributed by atoms with Crippen molar-refractivity contribution in [2.24, 2.45) is 0 Å². The molecular formula is C13H21F5O2. The SMILES string of the molecule is C=C(C)C.CCOCCC1(C(F)(F)C(F)(F)F)CCO1. The first-order valence-corrected chi connectivity index (χ1v) is 6.28. The van der Waals surface area contributed by atoms with Crippen LogP contribution in [0, 0.1) is 0 Å². The number of hydrogen-bond acceptors (Lipinski definition) is 2. The molecule has 0 aromatic rings. The lowest BCUT2D eigenvalue weighted by Crippen LogP contribution is -2.64. The van der Waals surface area contributed by atoms with Gasteiger partial charge in [-0.2, -0.15) is 22.0 Å². The predicted octanol–water partition coefficient (Wildman–Crippen LogP) is 4.35. The predicted molar refractivity (Wildman–Crippen MR) is 65.9 cm³/mol.